The van der Waals surface area contributed by atoms with Gasteiger partial charge in [-0.3, -0.25) is 9.59 Å². The Morgan fingerprint density at radius 1 is 0.903 bits per heavy atom. The molecule has 3 aromatic rings. The monoisotopic (exact) mass is 432 g/mol. The van der Waals surface area contributed by atoms with E-state index < -0.39 is 11.8 Å². The fraction of sp³-hybridized carbons (Fsp3) is 0.120. The van der Waals surface area contributed by atoms with E-state index >= 15 is 0 Å². The number of halogens is 1. The summed E-state index contributed by atoms with van der Waals surface area (Å²) in [5.74, 6) is -0.135. The van der Waals surface area contributed by atoms with Crippen molar-refractivity contribution in [1.82, 2.24) is 0 Å². The van der Waals surface area contributed by atoms with Gasteiger partial charge in [0, 0.05) is 10.7 Å². The molecular formula is C25H21ClN2O3. The first-order valence-corrected chi connectivity index (χ1v) is 10.3. The predicted molar refractivity (Wildman–Crippen MR) is 123 cm³/mol. The van der Waals surface area contributed by atoms with E-state index in [1.807, 2.05) is 38.1 Å². The molecule has 0 aliphatic carbocycles. The summed E-state index contributed by atoms with van der Waals surface area (Å²) in [4.78, 5) is 28.0. The van der Waals surface area contributed by atoms with E-state index in [1.165, 1.54) is 4.90 Å². The number of nitrogens with zero attached hydrogens (tertiary/aromatic N) is 1. The zero-order valence-corrected chi connectivity index (χ0v) is 17.9. The van der Waals surface area contributed by atoms with Crippen molar-refractivity contribution >= 4 is 40.4 Å². The average Bonchev–Trinajstić information content (AvgIpc) is 3.01. The van der Waals surface area contributed by atoms with Gasteiger partial charge in [0.15, 0.2) is 0 Å². The molecule has 6 heteroatoms. The molecule has 4 rings (SSSR count). The number of benzene rings is 3. The molecule has 0 atom stereocenters. The van der Waals surface area contributed by atoms with Gasteiger partial charge in [-0.1, -0.05) is 41.9 Å². The van der Waals surface area contributed by atoms with Crippen molar-refractivity contribution < 1.29 is 14.3 Å². The van der Waals surface area contributed by atoms with Crippen LogP contribution in [0.3, 0.4) is 0 Å². The van der Waals surface area contributed by atoms with Gasteiger partial charge in [-0.15, -0.1) is 0 Å². The van der Waals surface area contributed by atoms with E-state index in [9.17, 15) is 9.59 Å². The molecule has 0 spiro atoms. The Hall–Kier alpha value is -3.57. The summed E-state index contributed by atoms with van der Waals surface area (Å²) in [5, 5.41) is 3.75. The maximum Gasteiger partial charge on any atom is 0.282 e. The maximum absolute atomic E-state index is 13.4. The first kappa shape index (κ1) is 20.7. The fourth-order valence-corrected chi connectivity index (χ4v) is 3.60. The molecule has 5 nitrogen and oxygen atoms in total. The number of nitrogens with one attached hydrogen (secondary N) is 1. The van der Waals surface area contributed by atoms with Crippen LogP contribution in [0.15, 0.2) is 78.5 Å². The van der Waals surface area contributed by atoms with Gasteiger partial charge in [-0.25, -0.2) is 4.90 Å². The molecule has 1 aliphatic heterocycles. The molecule has 31 heavy (non-hydrogen) atoms. The van der Waals surface area contributed by atoms with Crippen LogP contribution in [0.2, 0.25) is 5.02 Å². The van der Waals surface area contributed by atoms with Crippen LogP contribution >= 0.6 is 11.6 Å². The second kappa shape index (κ2) is 8.66. The molecule has 0 radical (unpaired) electrons. The number of rotatable bonds is 6. The topological polar surface area (TPSA) is 58.6 Å². The molecule has 0 fully saturated rings. The Balaban J connectivity index is 1.78. The molecule has 156 valence electrons. The second-order valence-electron chi connectivity index (χ2n) is 7.07. The molecule has 0 saturated carbocycles. The summed E-state index contributed by atoms with van der Waals surface area (Å²) in [5.41, 5.74) is 3.36. The van der Waals surface area contributed by atoms with Crippen molar-refractivity contribution in [2.24, 2.45) is 0 Å². The zero-order valence-electron chi connectivity index (χ0n) is 17.2. The molecule has 2 amide bonds. The number of imide groups is 1. The zero-order chi connectivity index (χ0) is 22.0. The Kier molecular flexibility index (Phi) is 5.78. The summed E-state index contributed by atoms with van der Waals surface area (Å²) < 4.78 is 5.47. The molecule has 3 aromatic carbocycles. The third-order valence-corrected chi connectivity index (χ3v) is 5.28. The van der Waals surface area contributed by atoms with E-state index in [2.05, 4.69) is 5.32 Å². The Labute approximate surface area is 185 Å². The number of amides is 2. The van der Waals surface area contributed by atoms with E-state index in [-0.39, 0.29) is 5.70 Å². The SMILES string of the molecule is CCOc1ccc(N2C(=O)C(Nc3ccccc3C)=C(c3ccc(Cl)cc3)C2=O)cc1. The van der Waals surface area contributed by atoms with Gasteiger partial charge in [0.25, 0.3) is 11.8 Å². The molecule has 1 heterocycles. The quantitative estimate of drug-likeness (QED) is 0.526. The van der Waals surface area contributed by atoms with E-state index in [1.54, 1.807) is 48.5 Å². The van der Waals surface area contributed by atoms with E-state index in [4.69, 9.17) is 16.3 Å². The van der Waals surface area contributed by atoms with Crippen molar-refractivity contribution in [3.63, 3.8) is 0 Å². The number of carbonyl (C=O) groups excluding carboxylic acids is 2. The molecule has 0 saturated heterocycles. The second-order valence-corrected chi connectivity index (χ2v) is 7.51. The Morgan fingerprint density at radius 3 is 2.23 bits per heavy atom. The van der Waals surface area contributed by atoms with Gasteiger partial charge in [0.2, 0.25) is 0 Å². The first-order chi connectivity index (χ1) is 15.0. The van der Waals surface area contributed by atoms with Crippen LogP contribution < -0.4 is 15.0 Å². The highest BCUT2D eigenvalue weighted by atomic mass is 35.5. The van der Waals surface area contributed by atoms with Crippen LogP contribution in [-0.2, 0) is 9.59 Å². The molecule has 0 bridgehead atoms. The van der Waals surface area contributed by atoms with Gasteiger partial charge in [-0.2, -0.15) is 0 Å². The standard InChI is InChI=1S/C25H21ClN2O3/c1-3-31-20-14-12-19(13-15-20)28-24(29)22(17-8-10-18(26)11-9-17)23(25(28)30)27-21-7-5-4-6-16(21)2/h4-15,27H,3H2,1-2H3. The number of aryl methyl sites for hydroxylation is 1. The lowest BCUT2D eigenvalue weighted by molar-refractivity contribution is -0.120. The van der Waals surface area contributed by atoms with Crippen LogP contribution in [0.5, 0.6) is 5.75 Å². The number of hydrogen-bond acceptors (Lipinski definition) is 4. The highest BCUT2D eigenvalue weighted by Gasteiger charge is 2.40. The van der Waals surface area contributed by atoms with Crippen LogP contribution in [-0.4, -0.2) is 18.4 Å². The molecule has 1 aliphatic rings. The van der Waals surface area contributed by atoms with Crippen LogP contribution in [0.4, 0.5) is 11.4 Å². The maximum atomic E-state index is 13.4. The minimum atomic E-state index is -0.414. The summed E-state index contributed by atoms with van der Waals surface area (Å²) in [6.45, 7) is 4.37. The Bertz CT molecular complexity index is 1170. The predicted octanol–water partition coefficient (Wildman–Crippen LogP) is 5.44. The first-order valence-electron chi connectivity index (χ1n) is 9.94. The van der Waals surface area contributed by atoms with Crippen molar-refractivity contribution in [3.8, 4) is 5.75 Å². The van der Waals surface area contributed by atoms with E-state index in [0.29, 0.717) is 34.2 Å². The number of para-hydroxylation sites is 1. The van der Waals surface area contributed by atoms with Gasteiger partial charge >= 0.3 is 0 Å². The summed E-state index contributed by atoms with van der Waals surface area (Å²) in [6.07, 6.45) is 0. The number of hydrogen-bond donors (Lipinski definition) is 1. The molecule has 0 aromatic heterocycles. The summed E-state index contributed by atoms with van der Waals surface area (Å²) >= 11 is 6.03. The minimum Gasteiger partial charge on any atom is -0.494 e. The van der Waals surface area contributed by atoms with Crippen molar-refractivity contribution in [2.45, 2.75) is 13.8 Å². The van der Waals surface area contributed by atoms with Crippen molar-refractivity contribution in [3.05, 3.63) is 94.6 Å². The van der Waals surface area contributed by atoms with Crippen LogP contribution in [0, 0.1) is 6.92 Å². The summed E-state index contributed by atoms with van der Waals surface area (Å²) in [7, 11) is 0. The van der Waals surface area contributed by atoms with Crippen LogP contribution in [0.1, 0.15) is 18.1 Å². The van der Waals surface area contributed by atoms with Gasteiger partial charge in [0.1, 0.15) is 11.4 Å². The van der Waals surface area contributed by atoms with Crippen molar-refractivity contribution in [1.29, 1.82) is 0 Å². The third-order valence-electron chi connectivity index (χ3n) is 5.03. The smallest absolute Gasteiger partial charge is 0.282 e. The lowest BCUT2D eigenvalue weighted by Gasteiger charge is -2.16. The number of anilines is 2. The van der Waals surface area contributed by atoms with Crippen LogP contribution in [0.25, 0.3) is 5.57 Å². The molecular weight excluding hydrogens is 412 g/mol. The lowest BCUT2D eigenvalue weighted by Crippen LogP contribution is -2.32. The normalized spacial score (nSPS) is 13.7. The third kappa shape index (κ3) is 4.05. The minimum absolute atomic E-state index is 0.232. The van der Waals surface area contributed by atoms with E-state index in [0.717, 1.165) is 11.3 Å². The van der Waals surface area contributed by atoms with Gasteiger partial charge < -0.3 is 10.1 Å². The highest BCUT2D eigenvalue weighted by molar-refractivity contribution is 6.46. The number of carbonyl (C=O) groups is 2. The fourth-order valence-electron chi connectivity index (χ4n) is 3.47. The highest BCUT2D eigenvalue weighted by Crippen LogP contribution is 2.35. The van der Waals surface area contributed by atoms with Crippen molar-refractivity contribution in [2.75, 3.05) is 16.8 Å². The van der Waals surface area contributed by atoms with Gasteiger partial charge in [-0.05, 0) is 67.4 Å². The Morgan fingerprint density at radius 2 is 1.58 bits per heavy atom. The summed E-state index contributed by atoms with van der Waals surface area (Å²) in [6, 6.07) is 21.4. The largest absolute Gasteiger partial charge is 0.494 e. The number of ether oxygens (including phenoxy) is 1. The average molecular weight is 433 g/mol. The molecule has 0 unspecified atom stereocenters. The van der Waals surface area contributed by atoms with Gasteiger partial charge in [0.05, 0.1) is 17.9 Å². The lowest BCUT2D eigenvalue weighted by atomic mass is 10.0. The molecule has 1 N–H and O–H groups in total.